The minimum Gasteiger partial charge on any atom is -0.382 e. The lowest BCUT2D eigenvalue weighted by molar-refractivity contribution is -0.112. The molecule has 0 radical (unpaired) electrons. The molecule has 1 rings (SSSR count). The molecule has 1 unspecified atom stereocenters. The number of hydrogen-bond donors (Lipinski definition) is 1. The van der Waals surface area contributed by atoms with E-state index in [9.17, 15) is 4.79 Å². The van der Waals surface area contributed by atoms with Crippen molar-refractivity contribution in [1.29, 1.82) is 0 Å². The Kier molecular flexibility index (Phi) is 4.10. The van der Waals surface area contributed by atoms with E-state index in [1.54, 1.807) is 13.0 Å². The Bertz CT molecular complexity index is 354. The smallest absolute Gasteiger partial charge is 0.154 e. The van der Waals surface area contributed by atoms with E-state index in [2.05, 4.69) is 24.4 Å². The first-order valence-corrected chi connectivity index (χ1v) is 5.10. The number of rotatable bonds is 4. The van der Waals surface area contributed by atoms with Gasteiger partial charge in [0.05, 0.1) is 0 Å². The number of nitrogens with one attached hydrogen (secondary N) is 1. The Morgan fingerprint density at radius 3 is 2.40 bits per heavy atom. The SMILES string of the molecule is CC(=O)C=C(C)NC(C)c1ccccc1. The maximum absolute atomic E-state index is 10.9. The largest absolute Gasteiger partial charge is 0.382 e. The highest BCUT2D eigenvalue weighted by Gasteiger charge is 2.03. The van der Waals surface area contributed by atoms with Crippen LogP contribution in [-0.2, 0) is 4.79 Å². The molecule has 0 heterocycles. The summed E-state index contributed by atoms with van der Waals surface area (Å²) in [7, 11) is 0. The summed E-state index contributed by atoms with van der Waals surface area (Å²) in [6, 6.07) is 10.4. The van der Waals surface area contributed by atoms with E-state index in [1.807, 2.05) is 25.1 Å². The fraction of sp³-hybridized carbons (Fsp3) is 0.308. The van der Waals surface area contributed by atoms with Gasteiger partial charge in [-0.15, -0.1) is 0 Å². The van der Waals surface area contributed by atoms with Crippen LogP contribution in [0.1, 0.15) is 32.4 Å². The topological polar surface area (TPSA) is 29.1 Å². The summed E-state index contributed by atoms with van der Waals surface area (Å²) in [6.07, 6.45) is 1.61. The molecular weight excluding hydrogens is 186 g/mol. The van der Waals surface area contributed by atoms with Gasteiger partial charge in [-0.05, 0) is 32.4 Å². The zero-order valence-electron chi connectivity index (χ0n) is 9.45. The molecule has 80 valence electrons. The van der Waals surface area contributed by atoms with Crippen molar-refractivity contribution in [2.24, 2.45) is 0 Å². The summed E-state index contributed by atoms with van der Waals surface area (Å²) in [6.45, 7) is 5.53. The molecule has 0 spiro atoms. The van der Waals surface area contributed by atoms with Crippen LogP contribution in [0.15, 0.2) is 42.1 Å². The molecule has 1 N–H and O–H groups in total. The van der Waals surface area contributed by atoms with E-state index in [1.165, 1.54) is 5.56 Å². The highest BCUT2D eigenvalue weighted by atomic mass is 16.1. The molecule has 0 saturated carbocycles. The van der Waals surface area contributed by atoms with Crippen molar-refractivity contribution in [3.05, 3.63) is 47.7 Å². The van der Waals surface area contributed by atoms with Gasteiger partial charge in [0.25, 0.3) is 0 Å². The van der Waals surface area contributed by atoms with Crippen LogP contribution in [0, 0.1) is 0 Å². The summed E-state index contributed by atoms with van der Waals surface area (Å²) in [4.78, 5) is 10.9. The fourth-order valence-corrected chi connectivity index (χ4v) is 1.51. The lowest BCUT2D eigenvalue weighted by atomic mass is 10.1. The highest BCUT2D eigenvalue weighted by Crippen LogP contribution is 2.12. The van der Waals surface area contributed by atoms with Gasteiger partial charge < -0.3 is 5.32 Å². The summed E-state index contributed by atoms with van der Waals surface area (Å²) in [5, 5.41) is 3.27. The van der Waals surface area contributed by atoms with Crippen LogP contribution in [0.3, 0.4) is 0 Å². The Morgan fingerprint density at radius 2 is 1.87 bits per heavy atom. The lowest BCUT2D eigenvalue weighted by Gasteiger charge is -2.15. The first kappa shape index (κ1) is 11.5. The summed E-state index contributed by atoms with van der Waals surface area (Å²) < 4.78 is 0. The zero-order valence-corrected chi connectivity index (χ0v) is 9.45. The minimum absolute atomic E-state index is 0.0697. The minimum atomic E-state index is 0.0697. The van der Waals surface area contributed by atoms with E-state index in [-0.39, 0.29) is 11.8 Å². The van der Waals surface area contributed by atoms with Crippen LogP contribution in [0.2, 0.25) is 0 Å². The van der Waals surface area contributed by atoms with Gasteiger partial charge in [-0.1, -0.05) is 30.3 Å². The highest BCUT2D eigenvalue weighted by molar-refractivity contribution is 5.87. The van der Waals surface area contributed by atoms with E-state index >= 15 is 0 Å². The standard InChI is InChI=1S/C13H17NO/c1-10(9-11(2)15)14-12(3)13-7-5-4-6-8-13/h4-9,12,14H,1-3H3. The van der Waals surface area contributed by atoms with Crippen LogP contribution in [0.25, 0.3) is 0 Å². The van der Waals surface area contributed by atoms with Gasteiger partial charge in [0, 0.05) is 11.7 Å². The average Bonchev–Trinajstić information content (AvgIpc) is 2.17. The number of ketones is 1. The molecule has 0 fully saturated rings. The number of benzene rings is 1. The number of carbonyl (C=O) groups is 1. The molecule has 15 heavy (non-hydrogen) atoms. The average molecular weight is 203 g/mol. The maximum Gasteiger partial charge on any atom is 0.154 e. The predicted molar refractivity (Wildman–Crippen MR) is 62.4 cm³/mol. The number of hydrogen-bond acceptors (Lipinski definition) is 2. The Morgan fingerprint density at radius 1 is 1.27 bits per heavy atom. The molecule has 0 aromatic heterocycles. The van der Waals surface area contributed by atoms with Gasteiger partial charge in [-0.3, -0.25) is 4.79 Å². The lowest BCUT2D eigenvalue weighted by Crippen LogP contribution is -2.16. The number of carbonyl (C=O) groups excluding carboxylic acids is 1. The van der Waals surface area contributed by atoms with E-state index in [4.69, 9.17) is 0 Å². The zero-order chi connectivity index (χ0) is 11.3. The van der Waals surface area contributed by atoms with Crippen molar-refractivity contribution in [3.8, 4) is 0 Å². The Balaban J connectivity index is 2.64. The first-order chi connectivity index (χ1) is 7.09. The van der Waals surface area contributed by atoms with Crippen LogP contribution < -0.4 is 5.32 Å². The molecule has 1 aromatic carbocycles. The maximum atomic E-state index is 10.9. The van der Waals surface area contributed by atoms with Crippen LogP contribution in [0.4, 0.5) is 0 Å². The third-order valence-electron chi connectivity index (χ3n) is 2.16. The van der Waals surface area contributed by atoms with Crippen molar-refractivity contribution >= 4 is 5.78 Å². The van der Waals surface area contributed by atoms with Crippen molar-refractivity contribution < 1.29 is 4.79 Å². The van der Waals surface area contributed by atoms with Gasteiger partial charge >= 0.3 is 0 Å². The fourth-order valence-electron chi connectivity index (χ4n) is 1.51. The molecule has 2 nitrogen and oxygen atoms in total. The molecule has 1 aromatic rings. The van der Waals surface area contributed by atoms with Gasteiger partial charge in [0.1, 0.15) is 0 Å². The second kappa shape index (κ2) is 5.35. The van der Waals surface area contributed by atoms with Crippen molar-refractivity contribution in [2.45, 2.75) is 26.8 Å². The Labute approximate surface area is 91.0 Å². The summed E-state index contributed by atoms with van der Waals surface area (Å²) >= 11 is 0. The third kappa shape index (κ3) is 3.98. The summed E-state index contributed by atoms with van der Waals surface area (Å²) in [5.41, 5.74) is 2.12. The van der Waals surface area contributed by atoms with Gasteiger partial charge in [-0.25, -0.2) is 0 Å². The molecule has 0 aliphatic heterocycles. The van der Waals surface area contributed by atoms with E-state index < -0.39 is 0 Å². The number of allylic oxidation sites excluding steroid dienone is 2. The molecule has 0 aliphatic rings. The predicted octanol–water partition coefficient (Wildman–Crippen LogP) is 2.83. The van der Waals surface area contributed by atoms with Crippen molar-refractivity contribution in [3.63, 3.8) is 0 Å². The second-order valence-electron chi connectivity index (χ2n) is 3.71. The molecule has 0 aliphatic carbocycles. The van der Waals surface area contributed by atoms with E-state index in [0.717, 1.165) is 5.70 Å². The molecule has 2 heteroatoms. The molecule has 0 bridgehead atoms. The molecule has 0 amide bonds. The van der Waals surface area contributed by atoms with Crippen molar-refractivity contribution in [2.75, 3.05) is 0 Å². The van der Waals surface area contributed by atoms with Gasteiger partial charge in [0.2, 0.25) is 0 Å². The Hall–Kier alpha value is -1.57. The van der Waals surface area contributed by atoms with Crippen LogP contribution in [0.5, 0.6) is 0 Å². The van der Waals surface area contributed by atoms with E-state index in [0.29, 0.717) is 0 Å². The quantitative estimate of drug-likeness (QED) is 0.762. The van der Waals surface area contributed by atoms with Gasteiger partial charge in [0.15, 0.2) is 5.78 Å². The molecule has 1 atom stereocenters. The molecule has 0 saturated heterocycles. The van der Waals surface area contributed by atoms with Crippen LogP contribution >= 0.6 is 0 Å². The first-order valence-electron chi connectivity index (χ1n) is 5.10. The molecular formula is C13H17NO. The summed E-state index contributed by atoms with van der Waals surface area (Å²) in [5.74, 6) is 0.0697. The van der Waals surface area contributed by atoms with Crippen LogP contribution in [-0.4, -0.2) is 5.78 Å². The van der Waals surface area contributed by atoms with Gasteiger partial charge in [-0.2, -0.15) is 0 Å². The van der Waals surface area contributed by atoms with Crippen molar-refractivity contribution in [1.82, 2.24) is 5.32 Å². The monoisotopic (exact) mass is 203 g/mol. The normalized spacial score (nSPS) is 13.4. The second-order valence-corrected chi connectivity index (χ2v) is 3.71. The third-order valence-corrected chi connectivity index (χ3v) is 2.16.